The van der Waals surface area contributed by atoms with Gasteiger partial charge in [0.15, 0.2) is 0 Å². The molecule has 4 nitrogen and oxygen atoms in total. The molecule has 1 saturated heterocycles. The van der Waals surface area contributed by atoms with Crippen LogP contribution in [0.2, 0.25) is 0 Å². The highest BCUT2D eigenvalue weighted by molar-refractivity contribution is 5.51. The molecule has 0 saturated carbocycles. The minimum atomic E-state index is -0.396. The zero-order valence-electron chi connectivity index (χ0n) is 12.0. The van der Waals surface area contributed by atoms with E-state index in [-0.39, 0.29) is 0 Å². The molecule has 0 spiro atoms. The largest absolute Gasteiger partial charge is 0.390 e. The minimum Gasteiger partial charge on any atom is -0.390 e. The van der Waals surface area contributed by atoms with Crippen molar-refractivity contribution in [2.45, 2.75) is 20.0 Å². The normalized spacial score (nSPS) is 18.6. The summed E-state index contributed by atoms with van der Waals surface area (Å²) in [7, 11) is 0. The Morgan fingerprint density at radius 2 is 1.68 bits per heavy atom. The van der Waals surface area contributed by atoms with Crippen molar-refractivity contribution in [3.05, 3.63) is 29.3 Å². The number of anilines is 1. The van der Waals surface area contributed by atoms with Gasteiger partial charge in [-0.3, -0.25) is 4.90 Å². The van der Waals surface area contributed by atoms with Crippen molar-refractivity contribution in [1.82, 2.24) is 4.90 Å². The van der Waals surface area contributed by atoms with Crippen molar-refractivity contribution in [3.63, 3.8) is 0 Å². The topological polar surface area (TPSA) is 52.7 Å². The van der Waals surface area contributed by atoms with Crippen LogP contribution in [0.15, 0.2) is 18.2 Å². The molecule has 0 radical (unpaired) electrons. The first kappa shape index (κ1) is 14.3. The van der Waals surface area contributed by atoms with Crippen LogP contribution in [0.5, 0.6) is 0 Å². The number of benzene rings is 1. The van der Waals surface area contributed by atoms with E-state index in [0.717, 1.165) is 26.2 Å². The number of aryl methyl sites for hydroxylation is 2. The van der Waals surface area contributed by atoms with Gasteiger partial charge >= 0.3 is 0 Å². The maximum atomic E-state index is 9.59. The van der Waals surface area contributed by atoms with Gasteiger partial charge in [-0.05, 0) is 37.1 Å². The third-order valence-corrected chi connectivity index (χ3v) is 3.68. The molecule has 1 aromatic carbocycles. The molecule has 2 rings (SSSR count). The van der Waals surface area contributed by atoms with Crippen LogP contribution in [0.25, 0.3) is 0 Å². The molecule has 19 heavy (non-hydrogen) atoms. The molecule has 1 aliphatic rings. The number of aliphatic hydroxyl groups is 1. The first-order valence-corrected chi connectivity index (χ1v) is 7.02. The van der Waals surface area contributed by atoms with Gasteiger partial charge in [0, 0.05) is 45.0 Å². The van der Waals surface area contributed by atoms with Crippen molar-refractivity contribution in [3.8, 4) is 0 Å². The third kappa shape index (κ3) is 3.93. The standard InChI is InChI=1S/C15H25N3O/c1-12-7-13(2)9-14(8-12)18-5-3-17(4-6-18)11-15(19)10-16/h7-9,15,19H,3-6,10-11,16H2,1-2H3. The third-order valence-electron chi connectivity index (χ3n) is 3.68. The van der Waals surface area contributed by atoms with E-state index in [4.69, 9.17) is 5.73 Å². The van der Waals surface area contributed by atoms with Crippen LogP contribution < -0.4 is 10.6 Å². The second-order valence-corrected chi connectivity index (χ2v) is 5.52. The molecule has 1 fully saturated rings. The summed E-state index contributed by atoms with van der Waals surface area (Å²) in [6, 6.07) is 6.70. The minimum absolute atomic E-state index is 0.345. The molecule has 1 aromatic rings. The number of nitrogens with two attached hydrogens (primary N) is 1. The molecular weight excluding hydrogens is 238 g/mol. The first-order valence-electron chi connectivity index (χ1n) is 7.02. The summed E-state index contributed by atoms with van der Waals surface area (Å²) in [6.45, 7) is 9.33. The lowest BCUT2D eigenvalue weighted by Crippen LogP contribution is -2.49. The van der Waals surface area contributed by atoms with Gasteiger partial charge in [-0.25, -0.2) is 0 Å². The summed E-state index contributed by atoms with van der Waals surface area (Å²) in [5, 5.41) is 9.59. The quantitative estimate of drug-likeness (QED) is 0.841. The van der Waals surface area contributed by atoms with Gasteiger partial charge in [-0.2, -0.15) is 0 Å². The molecule has 1 unspecified atom stereocenters. The summed E-state index contributed by atoms with van der Waals surface area (Å²) < 4.78 is 0. The molecule has 1 atom stereocenters. The fraction of sp³-hybridized carbons (Fsp3) is 0.600. The molecular formula is C15H25N3O. The van der Waals surface area contributed by atoms with Crippen LogP contribution >= 0.6 is 0 Å². The number of aliphatic hydroxyl groups excluding tert-OH is 1. The van der Waals surface area contributed by atoms with E-state index < -0.39 is 6.10 Å². The highest BCUT2D eigenvalue weighted by Gasteiger charge is 2.19. The van der Waals surface area contributed by atoms with Gasteiger partial charge < -0.3 is 15.7 Å². The van der Waals surface area contributed by atoms with Crippen LogP contribution in [0.4, 0.5) is 5.69 Å². The van der Waals surface area contributed by atoms with E-state index in [1.165, 1.54) is 16.8 Å². The second kappa shape index (κ2) is 6.37. The Morgan fingerprint density at radius 3 is 2.21 bits per heavy atom. The maximum absolute atomic E-state index is 9.59. The number of rotatable bonds is 4. The smallest absolute Gasteiger partial charge is 0.0789 e. The van der Waals surface area contributed by atoms with Gasteiger partial charge in [-0.15, -0.1) is 0 Å². The molecule has 0 aliphatic carbocycles. The Kier molecular flexibility index (Phi) is 4.80. The first-order chi connectivity index (χ1) is 9.08. The highest BCUT2D eigenvalue weighted by atomic mass is 16.3. The second-order valence-electron chi connectivity index (χ2n) is 5.52. The lowest BCUT2D eigenvalue weighted by molar-refractivity contribution is 0.115. The lowest BCUT2D eigenvalue weighted by Gasteiger charge is -2.37. The number of nitrogens with zero attached hydrogens (tertiary/aromatic N) is 2. The van der Waals surface area contributed by atoms with Gasteiger partial charge in [0.05, 0.1) is 6.10 Å². The van der Waals surface area contributed by atoms with E-state index >= 15 is 0 Å². The average Bonchev–Trinajstić information content (AvgIpc) is 2.38. The van der Waals surface area contributed by atoms with E-state index in [2.05, 4.69) is 41.8 Å². The molecule has 106 valence electrons. The van der Waals surface area contributed by atoms with E-state index in [0.29, 0.717) is 13.1 Å². The Hall–Kier alpha value is -1.10. The fourth-order valence-electron chi connectivity index (χ4n) is 2.69. The molecule has 0 aromatic heterocycles. The van der Waals surface area contributed by atoms with Crippen molar-refractivity contribution in [2.75, 3.05) is 44.2 Å². The molecule has 1 heterocycles. The SMILES string of the molecule is Cc1cc(C)cc(N2CCN(CC(O)CN)CC2)c1. The lowest BCUT2D eigenvalue weighted by atomic mass is 10.1. The van der Waals surface area contributed by atoms with Gasteiger partial charge in [0.2, 0.25) is 0 Å². The Labute approximate surface area is 115 Å². The Balaban J connectivity index is 1.92. The zero-order chi connectivity index (χ0) is 13.8. The van der Waals surface area contributed by atoms with Crippen molar-refractivity contribution >= 4 is 5.69 Å². The molecule has 4 heteroatoms. The fourth-order valence-corrected chi connectivity index (χ4v) is 2.69. The van der Waals surface area contributed by atoms with Crippen molar-refractivity contribution < 1.29 is 5.11 Å². The molecule has 3 N–H and O–H groups in total. The number of piperazine rings is 1. The number of hydrogen-bond donors (Lipinski definition) is 2. The van der Waals surface area contributed by atoms with Gasteiger partial charge in [-0.1, -0.05) is 6.07 Å². The van der Waals surface area contributed by atoms with Crippen molar-refractivity contribution in [2.24, 2.45) is 5.73 Å². The van der Waals surface area contributed by atoms with E-state index in [1.807, 2.05) is 0 Å². The van der Waals surface area contributed by atoms with Gasteiger partial charge in [0.25, 0.3) is 0 Å². The summed E-state index contributed by atoms with van der Waals surface area (Å²) in [6.07, 6.45) is -0.396. The van der Waals surface area contributed by atoms with E-state index in [1.54, 1.807) is 0 Å². The predicted octanol–water partition coefficient (Wildman–Crippen LogP) is 0.745. The van der Waals surface area contributed by atoms with Crippen LogP contribution in [0, 0.1) is 13.8 Å². The summed E-state index contributed by atoms with van der Waals surface area (Å²) in [4.78, 5) is 4.71. The summed E-state index contributed by atoms with van der Waals surface area (Å²) in [5.74, 6) is 0. The molecule has 0 amide bonds. The molecule has 0 bridgehead atoms. The zero-order valence-corrected chi connectivity index (χ0v) is 12.0. The summed E-state index contributed by atoms with van der Waals surface area (Å²) >= 11 is 0. The Bertz CT molecular complexity index is 394. The van der Waals surface area contributed by atoms with Crippen LogP contribution in [-0.4, -0.2) is 55.4 Å². The predicted molar refractivity (Wildman–Crippen MR) is 79.6 cm³/mol. The van der Waals surface area contributed by atoms with Gasteiger partial charge in [0.1, 0.15) is 0 Å². The van der Waals surface area contributed by atoms with Crippen LogP contribution in [0.3, 0.4) is 0 Å². The number of hydrogen-bond acceptors (Lipinski definition) is 4. The Morgan fingerprint density at radius 1 is 1.11 bits per heavy atom. The maximum Gasteiger partial charge on any atom is 0.0789 e. The summed E-state index contributed by atoms with van der Waals surface area (Å²) in [5.41, 5.74) is 9.40. The van der Waals surface area contributed by atoms with Crippen LogP contribution in [-0.2, 0) is 0 Å². The highest BCUT2D eigenvalue weighted by Crippen LogP contribution is 2.20. The average molecular weight is 263 g/mol. The van der Waals surface area contributed by atoms with Crippen LogP contribution in [0.1, 0.15) is 11.1 Å². The molecule has 1 aliphatic heterocycles. The monoisotopic (exact) mass is 263 g/mol. The van der Waals surface area contributed by atoms with Crippen molar-refractivity contribution in [1.29, 1.82) is 0 Å². The van der Waals surface area contributed by atoms with E-state index in [9.17, 15) is 5.11 Å². The number of β-amino-alcohol motifs (C(OH)–C–C–N with tert-alkyl or cyclic N) is 1.